The van der Waals surface area contributed by atoms with Crippen LogP contribution in [0.5, 0.6) is 5.75 Å². The minimum Gasteiger partial charge on any atom is -0.488 e. The van der Waals surface area contributed by atoms with Gasteiger partial charge in [0.05, 0.1) is 4.88 Å². The lowest BCUT2D eigenvalue weighted by Crippen LogP contribution is -2.11. The van der Waals surface area contributed by atoms with Crippen LogP contribution in [0.4, 0.5) is 5.69 Å². The Morgan fingerprint density at radius 2 is 1.96 bits per heavy atom. The number of ether oxygens (including phenoxy) is 1. The van der Waals surface area contributed by atoms with E-state index in [1.165, 1.54) is 11.3 Å². The Kier molecular flexibility index (Phi) is 6.09. The van der Waals surface area contributed by atoms with Gasteiger partial charge in [0.15, 0.2) is 0 Å². The number of carbonyl (C=O) groups excluding carboxylic acids is 1. The summed E-state index contributed by atoms with van der Waals surface area (Å²) in [6.07, 6.45) is 4.01. The third-order valence-electron chi connectivity index (χ3n) is 4.39. The number of amides is 1. The monoisotopic (exact) mass is 377 g/mol. The SMILES string of the molecule is C/C=C/c1ccccc1OCc1csc(C(=O)Nc2cccc(C)c2C)c1. The molecule has 1 aromatic heterocycles. The second-order valence-electron chi connectivity index (χ2n) is 6.35. The number of hydrogen-bond acceptors (Lipinski definition) is 3. The van der Waals surface area contributed by atoms with Crippen LogP contribution in [0.2, 0.25) is 0 Å². The molecule has 0 unspecified atom stereocenters. The van der Waals surface area contributed by atoms with Gasteiger partial charge in [-0.05, 0) is 55.5 Å². The zero-order valence-electron chi connectivity index (χ0n) is 15.8. The van der Waals surface area contributed by atoms with Crippen LogP contribution in [0.1, 0.15) is 38.8 Å². The van der Waals surface area contributed by atoms with Crippen molar-refractivity contribution in [3.8, 4) is 5.75 Å². The summed E-state index contributed by atoms with van der Waals surface area (Å²) in [6, 6.07) is 15.7. The van der Waals surface area contributed by atoms with Crippen LogP contribution >= 0.6 is 11.3 Å². The Morgan fingerprint density at radius 1 is 1.15 bits per heavy atom. The van der Waals surface area contributed by atoms with Gasteiger partial charge in [-0.2, -0.15) is 0 Å². The van der Waals surface area contributed by atoms with E-state index in [-0.39, 0.29) is 5.91 Å². The van der Waals surface area contributed by atoms with Crippen LogP contribution < -0.4 is 10.1 Å². The first-order valence-electron chi connectivity index (χ1n) is 8.88. The molecule has 0 aliphatic heterocycles. The Balaban J connectivity index is 1.66. The Labute approximate surface area is 164 Å². The molecule has 0 atom stereocenters. The van der Waals surface area contributed by atoms with Gasteiger partial charge in [-0.25, -0.2) is 0 Å². The Bertz CT molecular complexity index is 972. The smallest absolute Gasteiger partial charge is 0.265 e. The van der Waals surface area contributed by atoms with Gasteiger partial charge in [-0.1, -0.05) is 42.5 Å². The summed E-state index contributed by atoms with van der Waals surface area (Å²) in [5, 5.41) is 4.97. The highest BCUT2D eigenvalue weighted by molar-refractivity contribution is 7.12. The summed E-state index contributed by atoms with van der Waals surface area (Å²) in [4.78, 5) is 13.2. The van der Waals surface area contributed by atoms with E-state index in [0.717, 1.165) is 33.7 Å². The van der Waals surface area contributed by atoms with Crippen LogP contribution in [0.25, 0.3) is 6.08 Å². The summed E-state index contributed by atoms with van der Waals surface area (Å²) in [5.41, 5.74) is 5.13. The average Bonchev–Trinajstić information content (AvgIpc) is 3.14. The number of thiophene rings is 1. The van der Waals surface area contributed by atoms with Crippen molar-refractivity contribution in [1.29, 1.82) is 0 Å². The van der Waals surface area contributed by atoms with Gasteiger partial charge < -0.3 is 10.1 Å². The van der Waals surface area contributed by atoms with E-state index in [1.54, 1.807) is 0 Å². The number of rotatable bonds is 6. The van der Waals surface area contributed by atoms with Gasteiger partial charge in [-0.15, -0.1) is 11.3 Å². The molecule has 3 nitrogen and oxygen atoms in total. The standard InChI is InChI=1S/C23H23NO2S/c1-4-8-19-10-5-6-12-21(19)26-14-18-13-22(27-15-18)23(25)24-20-11-7-9-16(2)17(20)3/h4-13,15H,14H2,1-3H3,(H,24,25)/b8-4+. The quantitative estimate of drug-likeness (QED) is 0.553. The third-order valence-corrected chi connectivity index (χ3v) is 5.37. The van der Waals surface area contributed by atoms with E-state index in [4.69, 9.17) is 4.74 Å². The highest BCUT2D eigenvalue weighted by atomic mass is 32.1. The van der Waals surface area contributed by atoms with Crippen molar-refractivity contribution in [2.45, 2.75) is 27.4 Å². The van der Waals surface area contributed by atoms with Crippen LogP contribution in [0.3, 0.4) is 0 Å². The summed E-state index contributed by atoms with van der Waals surface area (Å²) < 4.78 is 5.95. The van der Waals surface area contributed by atoms with Gasteiger partial charge in [0.25, 0.3) is 5.91 Å². The first-order valence-corrected chi connectivity index (χ1v) is 9.76. The number of hydrogen-bond donors (Lipinski definition) is 1. The van der Waals surface area contributed by atoms with Crippen molar-refractivity contribution >= 4 is 29.0 Å². The molecule has 0 bridgehead atoms. The molecule has 1 amide bonds. The largest absolute Gasteiger partial charge is 0.488 e. The van der Waals surface area contributed by atoms with Crippen LogP contribution in [-0.4, -0.2) is 5.91 Å². The predicted octanol–water partition coefficient (Wildman–Crippen LogP) is 6.23. The van der Waals surface area contributed by atoms with E-state index in [0.29, 0.717) is 11.5 Å². The molecule has 0 spiro atoms. The van der Waals surface area contributed by atoms with Crippen LogP contribution in [0, 0.1) is 13.8 Å². The van der Waals surface area contributed by atoms with Crippen molar-refractivity contribution in [2.75, 3.05) is 5.32 Å². The van der Waals surface area contributed by atoms with Crippen molar-refractivity contribution in [3.63, 3.8) is 0 Å². The molecule has 2 aromatic carbocycles. The number of anilines is 1. The summed E-state index contributed by atoms with van der Waals surface area (Å²) in [7, 11) is 0. The molecule has 4 heteroatoms. The number of nitrogens with one attached hydrogen (secondary N) is 1. The normalized spacial score (nSPS) is 10.9. The Morgan fingerprint density at radius 3 is 2.78 bits per heavy atom. The van der Waals surface area contributed by atoms with Crippen molar-refractivity contribution < 1.29 is 9.53 Å². The second-order valence-corrected chi connectivity index (χ2v) is 7.26. The average molecular weight is 378 g/mol. The molecule has 1 N–H and O–H groups in total. The first kappa shape index (κ1) is 18.9. The van der Waals surface area contributed by atoms with E-state index in [2.05, 4.69) is 5.32 Å². The van der Waals surface area contributed by atoms with E-state index < -0.39 is 0 Å². The van der Waals surface area contributed by atoms with E-state index >= 15 is 0 Å². The van der Waals surface area contributed by atoms with E-state index in [9.17, 15) is 4.79 Å². The minimum absolute atomic E-state index is 0.0886. The number of benzene rings is 2. The number of allylic oxidation sites excluding steroid dienone is 1. The van der Waals surface area contributed by atoms with E-state index in [1.807, 2.05) is 86.8 Å². The Hall–Kier alpha value is -2.85. The molecule has 138 valence electrons. The fourth-order valence-corrected chi connectivity index (χ4v) is 3.52. The topological polar surface area (TPSA) is 38.3 Å². The zero-order valence-corrected chi connectivity index (χ0v) is 16.6. The summed E-state index contributed by atoms with van der Waals surface area (Å²) in [6.45, 7) is 6.47. The number of aryl methyl sites for hydroxylation is 1. The van der Waals surface area contributed by atoms with Crippen molar-refractivity contribution in [1.82, 2.24) is 0 Å². The lowest BCUT2D eigenvalue weighted by molar-refractivity contribution is 0.103. The summed E-state index contributed by atoms with van der Waals surface area (Å²) in [5.74, 6) is 0.748. The second kappa shape index (κ2) is 8.69. The molecule has 0 radical (unpaired) electrons. The fourth-order valence-electron chi connectivity index (χ4n) is 2.73. The number of para-hydroxylation sites is 1. The highest BCUT2D eigenvalue weighted by Gasteiger charge is 2.12. The molecule has 0 fully saturated rings. The predicted molar refractivity (Wildman–Crippen MR) is 114 cm³/mol. The van der Waals surface area contributed by atoms with Gasteiger partial charge in [0.2, 0.25) is 0 Å². The van der Waals surface area contributed by atoms with Gasteiger partial charge in [0, 0.05) is 16.8 Å². The van der Waals surface area contributed by atoms with Gasteiger partial charge in [-0.3, -0.25) is 4.79 Å². The molecule has 0 saturated carbocycles. The molecular formula is C23H23NO2S. The lowest BCUT2D eigenvalue weighted by Gasteiger charge is -2.09. The molecule has 0 saturated heterocycles. The molecule has 3 aromatic rings. The molecule has 0 aliphatic carbocycles. The molecular weight excluding hydrogens is 354 g/mol. The maximum Gasteiger partial charge on any atom is 0.265 e. The maximum atomic E-state index is 12.6. The van der Waals surface area contributed by atoms with Gasteiger partial charge in [0.1, 0.15) is 12.4 Å². The fraction of sp³-hybridized carbons (Fsp3) is 0.174. The van der Waals surface area contributed by atoms with Gasteiger partial charge >= 0.3 is 0 Å². The lowest BCUT2D eigenvalue weighted by atomic mass is 10.1. The first-order chi connectivity index (χ1) is 13.1. The van der Waals surface area contributed by atoms with Crippen molar-refractivity contribution in [2.24, 2.45) is 0 Å². The molecule has 27 heavy (non-hydrogen) atoms. The summed E-state index contributed by atoms with van der Waals surface area (Å²) >= 11 is 1.43. The maximum absolute atomic E-state index is 12.6. The highest BCUT2D eigenvalue weighted by Crippen LogP contribution is 2.24. The molecule has 0 aliphatic rings. The third kappa shape index (κ3) is 4.66. The van der Waals surface area contributed by atoms with Crippen LogP contribution in [-0.2, 0) is 6.61 Å². The van der Waals surface area contributed by atoms with Crippen molar-refractivity contribution in [3.05, 3.63) is 87.1 Å². The van der Waals surface area contributed by atoms with Crippen LogP contribution in [0.15, 0.2) is 60.0 Å². The minimum atomic E-state index is -0.0886. The molecule has 1 heterocycles. The zero-order chi connectivity index (χ0) is 19.2. The number of carbonyl (C=O) groups is 1. The molecule has 3 rings (SSSR count).